The third kappa shape index (κ3) is 7.62. The number of esters is 1. The molecule has 0 amide bonds. The Hall–Kier alpha value is -1.73. The quantitative estimate of drug-likeness (QED) is 0.242. The molecule has 3 N–H and O–H groups in total. The first-order valence-electron chi connectivity index (χ1n) is 16.0. The van der Waals surface area contributed by atoms with Crippen molar-refractivity contribution in [2.75, 3.05) is 27.3 Å². The van der Waals surface area contributed by atoms with Gasteiger partial charge in [0.05, 0.1) is 37.1 Å². The molecule has 3 aliphatic rings. The van der Waals surface area contributed by atoms with E-state index in [9.17, 15) is 25.2 Å². The van der Waals surface area contributed by atoms with Crippen LogP contribution in [-0.4, -0.2) is 114 Å². The molecule has 44 heavy (non-hydrogen) atoms. The zero-order valence-electron chi connectivity index (χ0n) is 28.3. The van der Waals surface area contributed by atoms with Crippen molar-refractivity contribution in [3.8, 4) is 0 Å². The van der Waals surface area contributed by atoms with Crippen LogP contribution in [0.15, 0.2) is 12.2 Å². The van der Waals surface area contributed by atoms with Gasteiger partial charge in [0.1, 0.15) is 23.7 Å². The molecule has 0 radical (unpaired) electrons. The molecule has 3 saturated heterocycles. The molecule has 252 valence electrons. The highest BCUT2D eigenvalue weighted by molar-refractivity contribution is 6.00. The summed E-state index contributed by atoms with van der Waals surface area (Å²) in [6.45, 7) is 18.2. The van der Waals surface area contributed by atoms with Crippen LogP contribution in [0, 0.1) is 29.1 Å². The fraction of sp³-hybridized carbons (Fsp3) is 0.848. The van der Waals surface area contributed by atoms with Crippen LogP contribution in [0.4, 0.5) is 0 Å². The number of nitrogens with zero attached hydrogens (tertiary/aromatic N) is 1. The molecule has 3 fully saturated rings. The maximum Gasteiger partial charge on any atom is 0.316 e. The van der Waals surface area contributed by atoms with Gasteiger partial charge in [0, 0.05) is 23.6 Å². The Balaban J connectivity index is 2.20. The second-order valence-electron chi connectivity index (χ2n) is 14.0. The van der Waals surface area contributed by atoms with Crippen molar-refractivity contribution in [2.45, 2.75) is 129 Å². The maximum absolute atomic E-state index is 14.1. The van der Waals surface area contributed by atoms with Crippen LogP contribution in [-0.2, 0) is 33.3 Å². The number of hydrogen-bond acceptors (Lipinski definition) is 11. The first kappa shape index (κ1) is 36.7. The minimum Gasteiger partial charge on any atom is -0.459 e. The lowest BCUT2D eigenvalue weighted by atomic mass is 9.74. The van der Waals surface area contributed by atoms with Gasteiger partial charge in [-0.25, -0.2) is 0 Å². The average molecular weight is 625 g/mol. The molecule has 3 aliphatic heterocycles. The molecule has 0 spiro atoms. The number of carbonyl (C=O) groups is 2. The van der Waals surface area contributed by atoms with Gasteiger partial charge in [0.2, 0.25) is 0 Å². The number of likely N-dealkylation sites (N-methyl/N-ethyl adjacent to an activating group) is 1. The van der Waals surface area contributed by atoms with E-state index >= 15 is 0 Å². The largest absolute Gasteiger partial charge is 0.459 e. The van der Waals surface area contributed by atoms with E-state index in [0.29, 0.717) is 17.7 Å². The summed E-state index contributed by atoms with van der Waals surface area (Å²) < 4.78 is 31.4. The van der Waals surface area contributed by atoms with Crippen molar-refractivity contribution in [2.24, 2.45) is 23.7 Å². The molecule has 3 rings (SSSR count). The van der Waals surface area contributed by atoms with E-state index in [1.807, 2.05) is 46.7 Å². The summed E-state index contributed by atoms with van der Waals surface area (Å²) in [5.41, 5.74) is -1.96. The second kappa shape index (κ2) is 14.4. The molecule has 0 aliphatic carbocycles. The van der Waals surface area contributed by atoms with Crippen LogP contribution in [0.1, 0.15) is 74.7 Å². The lowest BCUT2D eigenvalue weighted by molar-refractivity contribution is -0.296. The first-order valence-corrected chi connectivity index (χ1v) is 16.0. The smallest absolute Gasteiger partial charge is 0.316 e. The van der Waals surface area contributed by atoms with Crippen LogP contribution < -0.4 is 0 Å². The number of ketones is 1. The fourth-order valence-corrected chi connectivity index (χ4v) is 7.21. The number of nitrogens with one attached hydrogen (secondary N) is 1. The Bertz CT molecular complexity index is 1060. The number of cyclic esters (lactones) is 1. The average Bonchev–Trinajstić information content (AvgIpc) is 2.97. The van der Waals surface area contributed by atoms with Gasteiger partial charge in [-0.1, -0.05) is 34.3 Å². The first-order chi connectivity index (χ1) is 20.3. The molecular weight excluding hydrogens is 568 g/mol. The zero-order valence-corrected chi connectivity index (χ0v) is 28.3. The fourth-order valence-electron chi connectivity index (χ4n) is 7.21. The number of carbonyl (C=O) groups excluding carboxylic acids is 2. The van der Waals surface area contributed by atoms with Gasteiger partial charge >= 0.3 is 5.97 Å². The summed E-state index contributed by atoms with van der Waals surface area (Å²) in [6.07, 6.45) is -4.08. The van der Waals surface area contributed by atoms with Gasteiger partial charge in [-0.2, -0.15) is 0 Å². The lowest BCUT2D eigenvalue weighted by Gasteiger charge is -2.47. The number of hydrogen-bond donors (Lipinski definition) is 3. The molecule has 5 unspecified atom stereocenters. The van der Waals surface area contributed by atoms with Gasteiger partial charge in [0.15, 0.2) is 12.1 Å². The molecule has 2 bridgehead atoms. The van der Waals surface area contributed by atoms with Crippen molar-refractivity contribution >= 4 is 17.5 Å². The van der Waals surface area contributed by atoms with E-state index in [0.717, 1.165) is 0 Å². The third-order valence-corrected chi connectivity index (χ3v) is 9.96. The predicted octanol–water partition coefficient (Wildman–Crippen LogP) is 3.14. The maximum atomic E-state index is 14.1. The van der Waals surface area contributed by atoms with Gasteiger partial charge in [-0.05, 0) is 72.5 Å². The van der Waals surface area contributed by atoms with E-state index in [1.165, 1.54) is 6.92 Å². The number of aliphatic hydroxyl groups is 2. The molecule has 11 nitrogen and oxygen atoms in total. The van der Waals surface area contributed by atoms with Crippen LogP contribution in [0.25, 0.3) is 0 Å². The second-order valence-corrected chi connectivity index (χ2v) is 14.0. The standard InChI is InChI=1S/C33H56N2O9/c1-12-24-33(9,39)29-20(5)25(34)18(3)14-32(8,41-16-17(2)15-40-29)28(21(6)26(36)22(7)30(38)43-24)44-31-27(37)23(35(10)11)13-19(4)42-31/h18-24,27-29,31,34,37,39H,2,12-16H2,1,3-11H3/t18?,19-,20?,21+,22-,23+,24-,27?,28?,29?,31+,32-,33-/m1/s1. The number of fused-ring (bicyclic) bond motifs is 5. The van der Waals surface area contributed by atoms with E-state index in [2.05, 4.69) is 6.58 Å². The van der Waals surface area contributed by atoms with Crippen LogP contribution in [0.3, 0.4) is 0 Å². The van der Waals surface area contributed by atoms with E-state index in [1.54, 1.807) is 20.8 Å². The Labute approximate surface area is 263 Å². The topological polar surface area (TPSA) is 148 Å². The van der Waals surface area contributed by atoms with E-state index in [4.69, 9.17) is 23.7 Å². The molecule has 0 aromatic rings. The summed E-state index contributed by atoms with van der Waals surface area (Å²) in [5, 5.41) is 32.4. The summed E-state index contributed by atoms with van der Waals surface area (Å²) in [4.78, 5) is 29.5. The van der Waals surface area contributed by atoms with Crippen molar-refractivity contribution in [3.63, 3.8) is 0 Å². The number of rotatable bonds is 4. The van der Waals surface area contributed by atoms with E-state index in [-0.39, 0.29) is 44.1 Å². The lowest BCUT2D eigenvalue weighted by Crippen LogP contribution is -2.60. The van der Waals surface area contributed by atoms with Crippen molar-refractivity contribution in [1.82, 2.24) is 4.90 Å². The van der Waals surface area contributed by atoms with Crippen molar-refractivity contribution in [3.05, 3.63) is 12.2 Å². The SMILES string of the molecule is C=C1COC2C(C)C(=N)C(C)C[C@@](C)(OC1)C(O[C@@H]1O[C@H](C)C[C@H](N(C)C)C1O)[C@@H](C)C(=O)[C@@H](C)C(=O)O[C@H](CC)[C@@]2(C)O. The Morgan fingerprint density at radius 1 is 1.09 bits per heavy atom. The normalized spacial score (nSPS) is 45.3. The highest BCUT2D eigenvalue weighted by Crippen LogP contribution is 2.40. The Kier molecular flexibility index (Phi) is 12.0. The van der Waals surface area contributed by atoms with Gasteiger partial charge < -0.3 is 44.2 Å². The number of Topliss-reactive ketones (excluding diaryl/α,β-unsaturated/α-hetero) is 1. The molecule has 13 atom stereocenters. The molecule has 0 saturated carbocycles. The highest BCUT2D eigenvalue weighted by Gasteiger charge is 2.52. The molecular formula is C33H56N2O9. The van der Waals surface area contributed by atoms with Gasteiger partial charge in [-0.15, -0.1) is 0 Å². The zero-order chi connectivity index (χ0) is 33.3. The monoisotopic (exact) mass is 624 g/mol. The summed E-state index contributed by atoms with van der Waals surface area (Å²) in [7, 11) is 3.77. The third-order valence-electron chi connectivity index (χ3n) is 9.96. The molecule has 0 aromatic heterocycles. The molecule has 3 heterocycles. The minimum absolute atomic E-state index is 0.0379. The molecule has 0 aromatic carbocycles. The Morgan fingerprint density at radius 3 is 2.32 bits per heavy atom. The minimum atomic E-state index is -1.67. The highest BCUT2D eigenvalue weighted by atomic mass is 16.7. The summed E-state index contributed by atoms with van der Waals surface area (Å²) in [5.74, 6) is -4.22. The van der Waals surface area contributed by atoms with Crippen LogP contribution in [0.2, 0.25) is 0 Å². The predicted molar refractivity (Wildman–Crippen MR) is 165 cm³/mol. The van der Waals surface area contributed by atoms with E-state index < -0.39 is 71.4 Å². The van der Waals surface area contributed by atoms with Crippen LogP contribution >= 0.6 is 0 Å². The Morgan fingerprint density at radius 2 is 1.73 bits per heavy atom. The van der Waals surface area contributed by atoms with Gasteiger partial charge in [-0.3, -0.25) is 9.59 Å². The number of aliphatic hydroxyl groups excluding tert-OH is 1. The molecule has 11 heteroatoms. The number of ether oxygens (including phenoxy) is 5. The van der Waals surface area contributed by atoms with Crippen LogP contribution in [0.5, 0.6) is 0 Å². The van der Waals surface area contributed by atoms with Gasteiger partial charge in [0.25, 0.3) is 0 Å². The van der Waals surface area contributed by atoms with Crippen molar-refractivity contribution < 1.29 is 43.5 Å². The van der Waals surface area contributed by atoms with Crippen molar-refractivity contribution in [1.29, 1.82) is 5.41 Å². The summed E-state index contributed by atoms with van der Waals surface area (Å²) >= 11 is 0. The summed E-state index contributed by atoms with van der Waals surface area (Å²) in [6, 6.07) is -0.246.